The topological polar surface area (TPSA) is 29.5 Å². The summed E-state index contributed by atoms with van der Waals surface area (Å²) in [7, 11) is 0. The molecule has 2 nitrogen and oxygen atoms in total. The first-order chi connectivity index (χ1) is 4.21. The van der Waals surface area contributed by atoms with Gasteiger partial charge < -0.3 is 9.84 Å². The number of alkyl halides is 2. The summed E-state index contributed by atoms with van der Waals surface area (Å²) in [6, 6.07) is 0. The number of aliphatic hydroxyl groups is 1. The van der Waals surface area contributed by atoms with E-state index in [4.69, 9.17) is 5.11 Å². The zero-order chi connectivity index (χ0) is 6.91. The van der Waals surface area contributed by atoms with Crippen molar-refractivity contribution in [2.24, 2.45) is 5.41 Å². The Balaban J connectivity index is 2.46. The summed E-state index contributed by atoms with van der Waals surface area (Å²) in [5, 5.41) is 8.45. The number of halogens is 2. The van der Waals surface area contributed by atoms with E-state index < -0.39 is 18.4 Å². The van der Waals surface area contributed by atoms with Crippen LogP contribution in [-0.4, -0.2) is 31.4 Å². The molecule has 0 aromatic rings. The number of aliphatic hydroxyl groups excluding tert-OH is 1. The lowest BCUT2D eigenvalue weighted by Gasteiger charge is -2.38. The second-order valence-electron chi connectivity index (χ2n) is 2.31. The van der Waals surface area contributed by atoms with Gasteiger partial charge in [-0.2, -0.15) is 0 Å². The molecule has 0 bridgehead atoms. The van der Waals surface area contributed by atoms with E-state index >= 15 is 0 Å². The van der Waals surface area contributed by atoms with Crippen LogP contribution in [0.1, 0.15) is 0 Å². The molecule has 1 heterocycles. The summed E-state index contributed by atoms with van der Waals surface area (Å²) in [6.07, 6.45) is -2.46. The maximum Gasteiger partial charge on any atom is 0.250 e. The fourth-order valence-electron chi connectivity index (χ4n) is 0.651. The molecule has 54 valence electrons. The molecule has 0 unspecified atom stereocenters. The highest BCUT2D eigenvalue weighted by Gasteiger charge is 2.46. The smallest absolute Gasteiger partial charge is 0.250 e. The molecule has 0 spiro atoms. The lowest BCUT2D eigenvalue weighted by Crippen LogP contribution is -2.51. The monoisotopic (exact) mass is 138 g/mol. The van der Waals surface area contributed by atoms with Gasteiger partial charge in [-0.15, -0.1) is 0 Å². The lowest BCUT2D eigenvalue weighted by molar-refractivity contribution is -0.202. The Labute approximate surface area is 51.4 Å². The highest BCUT2D eigenvalue weighted by Crippen LogP contribution is 2.33. The van der Waals surface area contributed by atoms with Gasteiger partial charge in [0.15, 0.2) is 0 Å². The Morgan fingerprint density at radius 3 is 2.11 bits per heavy atom. The van der Waals surface area contributed by atoms with E-state index in [1.807, 2.05) is 0 Å². The van der Waals surface area contributed by atoms with Crippen LogP contribution in [-0.2, 0) is 4.74 Å². The molecule has 1 saturated heterocycles. The van der Waals surface area contributed by atoms with Gasteiger partial charge in [0.2, 0.25) is 0 Å². The number of ether oxygens (including phenoxy) is 1. The van der Waals surface area contributed by atoms with Crippen molar-refractivity contribution < 1.29 is 18.6 Å². The molecule has 0 radical (unpaired) electrons. The van der Waals surface area contributed by atoms with Crippen molar-refractivity contribution in [2.45, 2.75) is 6.43 Å². The van der Waals surface area contributed by atoms with E-state index in [9.17, 15) is 8.78 Å². The molecule has 4 heteroatoms. The second-order valence-corrected chi connectivity index (χ2v) is 2.31. The average Bonchev–Trinajstić information content (AvgIpc) is 1.62. The summed E-state index contributed by atoms with van der Waals surface area (Å²) in [4.78, 5) is 0. The predicted octanol–water partition coefficient (Wildman–Crippen LogP) is 0.260. The Morgan fingerprint density at radius 1 is 1.56 bits per heavy atom. The van der Waals surface area contributed by atoms with Gasteiger partial charge in [0.05, 0.1) is 19.8 Å². The van der Waals surface area contributed by atoms with Crippen LogP contribution in [0.15, 0.2) is 0 Å². The van der Waals surface area contributed by atoms with Crippen molar-refractivity contribution in [2.75, 3.05) is 19.8 Å². The van der Waals surface area contributed by atoms with Crippen LogP contribution in [0.25, 0.3) is 0 Å². The van der Waals surface area contributed by atoms with Crippen molar-refractivity contribution in [3.8, 4) is 0 Å². The number of hydrogen-bond acceptors (Lipinski definition) is 2. The van der Waals surface area contributed by atoms with Crippen LogP contribution in [0, 0.1) is 5.41 Å². The molecular weight excluding hydrogens is 130 g/mol. The van der Waals surface area contributed by atoms with E-state index in [0.717, 1.165) is 0 Å². The van der Waals surface area contributed by atoms with E-state index in [-0.39, 0.29) is 13.2 Å². The molecule has 0 aromatic carbocycles. The zero-order valence-electron chi connectivity index (χ0n) is 4.81. The minimum Gasteiger partial charge on any atom is -0.395 e. The third kappa shape index (κ3) is 0.923. The molecule has 0 aliphatic carbocycles. The summed E-state index contributed by atoms with van der Waals surface area (Å²) >= 11 is 0. The third-order valence-corrected chi connectivity index (χ3v) is 1.56. The van der Waals surface area contributed by atoms with Gasteiger partial charge in [-0.05, 0) is 0 Å². The SMILES string of the molecule is OCC1(C(F)F)COC1. The fraction of sp³-hybridized carbons (Fsp3) is 1.00. The molecule has 1 aliphatic rings. The fourth-order valence-corrected chi connectivity index (χ4v) is 0.651. The molecule has 0 amide bonds. The maximum absolute atomic E-state index is 11.9. The van der Waals surface area contributed by atoms with Crippen molar-refractivity contribution in [3.05, 3.63) is 0 Å². The van der Waals surface area contributed by atoms with Crippen LogP contribution in [0.4, 0.5) is 8.78 Å². The second kappa shape index (κ2) is 2.19. The Hall–Kier alpha value is -0.220. The first kappa shape index (κ1) is 6.89. The van der Waals surface area contributed by atoms with E-state index in [2.05, 4.69) is 4.74 Å². The zero-order valence-corrected chi connectivity index (χ0v) is 4.81. The number of hydrogen-bond donors (Lipinski definition) is 1. The Morgan fingerprint density at radius 2 is 2.11 bits per heavy atom. The maximum atomic E-state index is 11.9. The van der Waals surface area contributed by atoms with Crippen molar-refractivity contribution in [3.63, 3.8) is 0 Å². The predicted molar refractivity (Wildman–Crippen MR) is 26.3 cm³/mol. The van der Waals surface area contributed by atoms with Gasteiger partial charge in [-0.1, -0.05) is 0 Å². The van der Waals surface area contributed by atoms with Crippen LogP contribution >= 0.6 is 0 Å². The van der Waals surface area contributed by atoms with Crippen molar-refractivity contribution in [1.82, 2.24) is 0 Å². The van der Waals surface area contributed by atoms with Crippen LogP contribution in [0.5, 0.6) is 0 Å². The first-order valence-electron chi connectivity index (χ1n) is 2.68. The summed E-state index contributed by atoms with van der Waals surface area (Å²) in [5.74, 6) is 0. The third-order valence-electron chi connectivity index (χ3n) is 1.56. The number of rotatable bonds is 2. The normalized spacial score (nSPS) is 24.0. The molecule has 0 saturated carbocycles. The Bertz CT molecular complexity index is 95.6. The molecule has 1 rings (SSSR count). The highest BCUT2D eigenvalue weighted by molar-refractivity contribution is 4.87. The lowest BCUT2D eigenvalue weighted by atomic mass is 9.88. The quantitative estimate of drug-likeness (QED) is 0.593. The molecule has 0 aromatic heterocycles. The van der Waals surface area contributed by atoms with Gasteiger partial charge in [0.25, 0.3) is 6.43 Å². The van der Waals surface area contributed by atoms with Gasteiger partial charge in [-0.3, -0.25) is 0 Å². The molecule has 1 fully saturated rings. The minimum absolute atomic E-state index is 0.0127. The highest BCUT2D eigenvalue weighted by atomic mass is 19.3. The summed E-state index contributed by atoms with van der Waals surface area (Å²) in [5.41, 5.74) is -1.24. The van der Waals surface area contributed by atoms with Crippen LogP contribution in [0.2, 0.25) is 0 Å². The van der Waals surface area contributed by atoms with Crippen LogP contribution < -0.4 is 0 Å². The molecule has 0 atom stereocenters. The summed E-state index contributed by atoms with van der Waals surface area (Å²) < 4.78 is 28.3. The first-order valence-corrected chi connectivity index (χ1v) is 2.68. The van der Waals surface area contributed by atoms with Crippen LogP contribution in [0.3, 0.4) is 0 Å². The van der Waals surface area contributed by atoms with Crippen molar-refractivity contribution in [1.29, 1.82) is 0 Å². The standard InChI is InChI=1S/C5H8F2O2/c6-4(7)5(1-8)2-9-3-5/h4,8H,1-3H2. The van der Waals surface area contributed by atoms with E-state index in [1.165, 1.54) is 0 Å². The molecule has 1 aliphatic heterocycles. The van der Waals surface area contributed by atoms with Gasteiger partial charge in [-0.25, -0.2) is 8.78 Å². The van der Waals surface area contributed by atoms with Gasteiger partial charge in [0, 0.05) is 0 Å². The van der Waals surface area contributed by atoms with Gasteiger partial charge >= 0.3 is 0 Å². The molecular formula is C5H8F2O2. The molecule has 9 heavy (non-hydrogen) atoms. The van der Waals surface area contributed by atoms with E-state index in [0.29, 0.717) is 0 Å². The largest absolute Gasteiger partial charge is 0.395 e. The average molecular weight is 138 g/mol. The Kier molecular flexibility index (Phi) is 1.68. The van der Waals surface area contributed by atoms with E-state index in [1.54, 1.807) is 0 Å². The summed E-state index contributed by atoms with van der Waals surface area (Å²) in [6.45, 7) is -0.507. The minimum atomic E-state index is -2.46. The van der Waals surface area contributed by atoms with Crippen molar-refractivity contribution >= 4 is 0 Å². The van der Waals surface area contributed by atoms with Gasteiger partial charge in [0.1, 0.15) is 5.41 Å². The molecule has 1 N–H and O–H groups in total.